The topological polar surface area (TPSA) is 63.4 Å². The zero-order chi connectivity index (χ0) is 15.9. The van der Waals surface area contributed by atoms with E-state index < -0.39 is 6.04 Å². The molecule has 2 aromatic carbocycles. The van der Waals surface area contributed by atoms with Gasteiger partial charge in [0, 0.05) is 24.4 Å². The van der Waals surface area contributed by atoms with Gasteiger partial charge in [0.1, 0.15) is 0 Å². The van der Waals surface area contributed by atoms with Crippen molar-refractivity contribution in [2.45, 2.75) is 25.8 Å². The molecule has 2 rings (SSSR count). The molecule has 0 saturated heterocycles. The Morgan fingerprint density at radius 3 is 2.18 bits per heavy atom. The summed E-state index contributed by atoms with van der Waals surface area (Å²) < 4.78 is 0. The molecule has 0 heterocycles. The van der Waals surface area contributed by atoms with Crippen LogP contribution in [0.3, 0.4) is 0 Å². The van der Waals surface area contributed by atoms with Gasteiger partial charge in [-0.1, -0.05) is 61.5 Å². The van der Waals surface area contributed by atoms with E-state index in [0.29, 0.717) is 12.8 Å². The van der Waals surface area contributed by atoms with E-state index in [0.717, 1.165) is 16.7 Å². The molecule has 0 aromatic heterocycles. The van der Waals surface area contributed by atoms with E-state index in [9.17, 15) is 10.1 Å². The number of benzene rings is 2. The maximum atomic E-state index is 11.2. The molecule has 4 nitrogen and oxygen atoms in total. The molecule has 22 heavy (non-hydrogen) atoms. The van der Waals surface area contributed by atoms with Crippen molar-refractivity contribution in [1.82, 2.24) is 0 Å². The molecule has 0 amide bonds. The largest absolute Gasteiger partial charge is 0.396 e. The predicted molar refractivity (Wildman–Crippen MR) is 87.2 cm³/mol. The van der Waals surface area contributed by atoms with Crippen LogP contribution in [0.5, 0.6) is 0 Å². The average Bonchev–Trinajstić information content (AvgIpc) is 2.55. The molecule has 0 radical (unpaired) electrons. The first kappa shape index (κ1) is 16.2. The van der Waals surface area contributed by atoms with Crippen molar-refractivity contribution in [3.05, 3.63) is 70.3 Å². The van der Waals surface area contributed by atoms with Crippen LogP contribution in [0.2, 0.25) is 0 Å². The summed E-state index contributed by atoms with van der Waals surface area (Å²) in [7, 11) is 0. The van der Waals surface area contributed by atoms with Crippen LogP contribution in [0.15, 0.2) is 54.6 Å². The summed E-state index contributed by atoms with van der Waals surface area (Å²) in [5, 5.41) is 20.2. The fourth-order valence-electron chi connectivity index (χ4n) is 2.52. The SMILES string of the molecule is CC(CO)CC(Cc1ccc(-c2ccccc2)cc1)[N+](=O)[O-]. The van der Waals surface area contributed by atoms with Gasteiger partial charge in [0.05, 0.1) is 0 Å². The Labute approximate surface area is 130 Å². The molecule has 2 aromatic rings. The van der Waals surface area contributed by atoms with Crippen molar-refractivity contribution in [3.8, 4) is 11.1 Å². The standard InChI is InChI=1S/C18H21NO3/c1-14(13-20)11-18(19(21)22)12-15-7-9-17(10-8-15)16-5-3-2-4-6-16/h2-10,14,18,20H,11-13H2,1H3. The van der Waals surface area contributed by atoms with Crippen LogP contribution in [-0.2, 0) is 6.42 Å². The first-order valence-electron chi connectivity index (χ1n) is 7.49. The van der Waals surface area contributed by atoms with E-state index in [1.165, 1.54) is 0 Å². The van der Waals surface area contributed by atoms with Gasteiger partial charge in [0.2, 0.25) is 6.04 Å². The lowest BCUT2D eigenvalue weighted by Gasteiger charge is -2.13. The first-order valence-corrected chi connectivity index (χ1v) is 7.49. The summed E-state index contributed by atoms with van der Waals surface area (Å²) in [4.78, 5) is 10.9. The quantitative estimate of drug-likeness (QED) is 0.628. The zero-order valence-corrected chi connectivity index (χ0v) is 12.7. The molecule has 0 bridgehead atoms. The van der Waals surface area contributed by atoms with Crippen LogP contribution in [-0.4, -0.2) is 22.7 Å². The highest BCUT2D eigenvalue weighted by Crippen LogP contribution is 2.21. The molecule has 1 N–H and O–H groups in total. The van der Waals surface area contributed by atoms with Gasteiger partial charge < -0.3 is 5.11 Å². The first-order chi connectivity index (χ1) is 10.6. The minimum atomic E-state index is -0.648. The molecule has 0 fully saturated rings. The van der Waals surface area contributed by atoms with Crippen molar-refractivity contribution in [2.24, 2.45) is 5.92 Å². The maximum Gasteiger partial charge on any atom is 0.217 e. The maximum absolute atomic E-state index is 11.2. The lowest BCUT2D eigenvalue weighted by molar-refractivity contribution is -0.524. The van der Waals surface area contributed by atoms with E-state index in [4.69, 9.17) is 5.11 Å². The van der Waals surface area contributed by atoms with E-state index in [-0.39, 0.29) is 17.4 Å². The number of nitro groups is 1. The Hall–Kier alpha value is -2.20. The van der Waals surface area contributed by atoms with Crippen LogP contribution in [0.25, 0.3) is 11.1 Å². The Balaban J connectivity index is 2.08. The molecule has 0 aliphatic carbocycles. The van der Waals surface area contributed by atoms with Gasteiger partial charge in [-0.25, -0.2) is 0 Å². The van der Waals surface area contributed by atoms with Gasteiger partial charge in [-0.05, 0) is 22.6 Å². The minimum Gasteiger partial charge on any atom is -0.396 e. The molecular weight excluding hydrogens is 278 g/mol. The van der Waals surface area contributed by atoms with E-state index in [1.54, 1.807) is 0 Å². The van der Waals surface area contributed by atoms with Crippen molar-refractivity contribution in [3.63, 3.8) is 0 Å². The Kier molecular flexibility index (Phi) is 5.67. The number of nitrogens with zero attached hydrogens (tertiary/aromatic N) is 1. The molecule has 2 unspecified atom stereocenters. The highest BCUT2D eigenvalue weighted by Gasteiger charge is 2.23. The summed E-state index contributed by atoms with van der Waals surface area (Å²) in [5.41, 5.74) is 3.19. The predicted octanol–water partition coefficient (Wildman–Crippen LogP) is 3.56. The molecule has 0 spiro atoms. The van der Waals surface area contributed by atoms with Crippen molar-refractivity contribution < 1.29 is 10.0 Å². The van der Waals surface area contributed by atoms with Gasteiger partial charge in [-0.3, -0.25) is 10.1 Å². The van der Waals surface area contributed by atoms with E-state index in [1.807, 2.05) is 61.5 Å². The number of aliphatic hydroxyl groups excluding tert-OH is 1. The third-order valence-electron chi connectivity index (χ3n) is 3.82. The molecule has 0 saturated carbocycles. The number of rotatable bonds is 7. The highest BCUT2D eigenvalue weighted by molar-refractivity contribution is 5.63. The molecule has 4 heteroatoms. The van der Waals surface area contributed by atoms with Gasteiger partial charge in [-0.2, -0.15) is 0 Å². The highest BCUT2D eigenvalue weighted by atomic mass is 16.6. The second-order valence-electron chi connectivity index (χ2n) is 5.73. The van der Waals surface area contributed by atoms with Gasteiger partial charge in [0.25, 0.3) is 0 Å². The van der Waals surface area contributed by atoms with Crippen LogP contribution >= 0.6 is 0 Å². The smallest absolute Gasteiger partial charge is 0.217 e. The van der Waals surface area contributed by atoms with Gasteiger partial charge in [-0.15, -0.1) is 0 Å². The van der Waals surface area contributed by atoms with Crippen molar-refractivity contribution in [2.75, 3.05) is 6.61 Å². The lowest BCUT2D eigenvalue weighted by atomic mass is 9.96. The van der Waals surface area contributed by atoms with Gasteiger partial charge in [0.15, 0.2) is 0 Å². The second kappa shape index (κ2) is 7.71. The Morgan fingerprint density at radius 1 is 1.05 bits per heavy atom. The molecule has 116 valence electrons. The fourth-order valence-corrected chi connectivity index (χ4v) is 2.52. The summed E-state index contributed by atoms with van der Waals surface area (Å²) in [6.07, 6.45) is 0.788. The molecule has 2 atom stereocenters. The van der Waals surface area contributed by atoms with Crippen LogP contribution in [0.1, 0.15) is 18.9 Å². The summed E-state index contributed by atoms with van der Waals surface area (Å²) >= 11 is 0. The summed E-state index contributed by atoms with van der Waals surface area (Å²) in [6, 6.07) is 17.3. The normalized spacial score (nSPS) is 13.5. The summed E-state index contributed by atoms with van der Waals surface area (Å²) in [5.74, 6) is -0.0565. The fraction of sp³-hybridized carbons (Fsp3) is 0.333. The van der Waals surface area contributed by atoms with E-state index in [2.05, 4.69) is 0 Å². The minimum absolute atomic E-state index is 0.0166. The molecule has 0 aliphatic rings. The van der Waals surface area contributed by atoms with Crippen LogP contribution in [0, 0.1) is 16.0 Å². The lowest BCUT2D eigenvalue weighted by Crippen LogP contribution is -2.25. The molecule has 0 aliphatic heterocycles. The van der Waals surface area contributed by atoms with Crippen LogP contribution < -0.4 is 0 Å². The average molecular weight is 299 g/mol. The zero-order valence-electron chi connectivity index (χ0n) is 12.7. The second-order valence-corrected chi connectivity index (χ2v) is 5.73. The third-order valence-corrected chi connectivity index (χ3v) is 3.82. The molecular formula is C18H21NO3. The Bertz CT molecular complexity index is 595. The Morgan fingerprint density at radius 2 is 1.64 bits per heavy atom. The van der Waals surface area contributed by atoms with Gasteiger partial charge >= 0.3 is 0 Å². The van der Waals surface area contributed by atoms with E-state index >= 15 is 0 Å². The van der Waals surface area contributed by atoms with Crippen molar-refractivity contribution in [1.29, 1.82) is 0 Å². The number of aliphatic hydroxyl groups is 1. The number of hydrogen-bond acceptors (Lipinski definition) is 3. The number of hydrogen-bond donors (Lipinski definition) is 1. The van der Waals surface area contributed by atoms with Crippen LogP contribution in [0.4, 0.5) is 0 Å². The van der Waals surface area contributed by atoms with Crippen molar-refractivity contribution >= 4 is 0 Å². The summed E-state index contributed by atoms with van der Waals surface area (Å²) in [6.45, 7) is 1.81. The monoisotopic (exact) mass is 299 g/mol. The third kappa shape index (κ3) is 4.40.